The number of rotatable bonds is 3. The third-order valence-corrected chi connectivity index (χ3v) is 6.32. The molecule has 0 atom stereocenters. The first-order chi connectivity index (χ1) is 12.5. The third kappa shape index (κ3) is 2.75. The molecule has 4 heterocycles. The van der Waals surface area contributed by atoms with Crippen LogP contribution in [-0.4, -0.2) is 41.7 Å². The van der Waals surface area contributed by atoms with Gasteiger partial charge in [-0.1, -0.05) is 0 Å². The number of fused-ring (bicyclic) bond motifs is 2. The highest BCUT2D eigenvalue weighted by Crippen LogP contribution is 2.45. The van der Waals surface area contributed by atoms with Crippen LogP contribution in [0.1, 0.15) is 43.3 Å². The molecule has 2 aliphatic heterocycles. The fourth-order valence-corrected chi connectivity index (χ4v) is 4.93. The molecule has 0 aromatic carbocycles. The number of pyridine rings is 1. The lowest BCUT2D eigenvalue weighted by Crippen LogP contribution is -2.47. The Morgan fingerprint density at radius 1 is 1.35 bits per heavy atom. The molecular formula is C18H19N3O4S. The normalized spacial score (nSPS) is 18.5. The molecule has 26 heavy (non-hydrogen) atoms. The van der Waals surface area contributed by atoms with Gasteiger partial charge in [0.2, 0.25) is 0 Å². The van der Waals surface area contributed by atoms with Crippen LogP contribution in [0.15, 0.2) is 24.4 Å². The molecule has 0 unspecified atom stereocenters. The molecule has 7 nitrogen and oxygen atoms in total. The number of nitrogens with zero attached hydrogens (tertiary/aromatic N) is 2. The van der Waals surface area contributed by atoms with Crippen molar-refractivity contribution in [2.75, 3.05) is 24.6 Å². The quantitative estimate of drug-likeness (QED) is 0.852. The number of nitrogens with two attached hydrogens (primary N) is 1. The second-order valence-electron chi connectivity index (χ2n) is 6.57. The molecule has 2 aliphatic rings. The number of carbonyl (C=O) groups excluding carboxylic acids is 1. The van der Waals surface area contributed by atoms with Gasteiger partial charge in [0, 0.05) is 30.6 Å². The van der Waals surface area contributed by atoms with Gasteiger partial charge in [0.15, 0.2) is 0 Å². The molecule has 2 aromatic rings. The van der Waals surface area contributed by atoms with Gasteiger partial charge in [-0.25, -0.2) is 9.78 Å². The molecule has 3 N–H and O–H groups in total. The van der Waals surface area contributed by atoms with Crippen LogP contribution in [0, 0.1) is 0 Å². The standard InChI is InChI=1S/C18H19N3O4S/c19-15(22)11-2-1-6-20-16(11)21-7-4-18(5-8-21)12-10-14(17(23)24)26-13(12)3-9-25-18/h1-2,6,10H,3-5,7-9H2,(H2,19,22)(H,23,24). The van der Waals surface area contributed by atoms with E-state index in [0.29, 0.717) is 48.8 Å². The average molecular weight is 373 g/mol. The van der Waals surface area contributed by atoms with Crippen molar-refractivity contribution in [3.63, 3.8) is 0 Å². The Hall–Kier alpha value is -2.45. The van der Waals surface area contributed by atoms with E-state index in [9.17, 15) is 14.7 Å². The number of hydrogen-bond acceptors (Lipinski definition) is 6. The van der Waals surface area contributed by atoms with Crippen LogP contribution in [-0.2, 0) is 16.8 Å². The number of aromatic carboxylic acids is 1. The first-order valence-electron chi connectivity index (χ1n) is 8.50. The maximum atomic E-state index is 11.7. The molecule has 136 valence electrons. The number of aromatic nitrogens is 1. The molecule has 4 rings (SSSR count). The van der Waals surface area contributed by atoms with Crippen molar-refractivity contribution in [3.05, 3.63) is 45.3 Å². The van der Waals surface area contributed by atoms with E-state index in [1.807, 2.05) is 4.90 Å². The fourth-order valence-electron chi connectivity index (χ4n) is 3.86. The van der Waals surface area contributed by atoms with Crippen LogP contribution in [0.5, 0.6) is 0 Å². The summed E-state index contributed by atoms with van der Waals surface area (Å²) in [5, 5.41) is 9.30. The highest BCUT2D eigenvalue weighted by atomic mass is 32.1. The van der Waals surface area contributed by atoms with Crippen molar-refractivity contribution in [2.24, 2.45) is 5.73 Å². The summed E-state index contributed by atoms with van der Waals surface area (Å²) in [4.78, 5) is 30.9. The smallest absolute Gasteiger partial charge is 0.345 e. The number of amides is 1. The van der Waals surface area contributed by atoms with Crippen molar-refractivity contribution < 1.29 is 19.4 Å². The average Bonchev–Trinajstić information content (AvgIpc) is 3.09. The summed E-state index contributed by atoms with van der Waals surface area (Å²) in [6.45, 7) is 1.92. The number of carboxylic acids is 1. The number of anilines is 1. The number of carbonyl (C=O) groups is 2. The largest absolute Gasteiger partial charge is 0.477 e. The van der Waals surface area contributed by atoms with E-state index < -0.39 is 17.5 Å². The van der Waals surface area contributed by atoms with Gasteiger partial charge in [-0.15, -0.1) is 11.3 Å². The van der Waals surface area contributed by atoms with Crippen LogP contribution in [0.4, 0.5) is 5.82 Å². The second kappa shape index (κ2) is 6.37. The van der Waals surface area contributed by atoms with Gasteiger partial charge < -0.3 is 20.5 Å². The molecule has 0 radical (unpaired) electrons. The Balaban J connectivity index is 1.60. The Kier molecular flexibility index (Phi) is 4.16. The highest BCUT2D eigenvalue weighted by molar-refractivity contribution is 7.14. The maximum absolute atomic E-state index is 11.7. The molecule has 1 spiro atoms. The Morgan fingerprint density at radius 3 is 2.81 bits per heavy atom. The molecular weight excluding hydrogens is 354 g/mol. The Labute approximate surface area is 154 Å². The molecule has 1 saturated heterocycles. The topological polar surface area (TPSA) is 106 Å². The fraction of sp³-hybridized carbons (Fsp3) is 0.389. The summed E-state index contributed by atoms with van der Waals surface area (Å²) in [6, 6.07) is 5.15. The van der Waals surface area contributed by atoms with Gasteiger partial charge in [-0.2, -0.15) is 0 Å². The second-order valence-corrected chi connectivity index (χ2v) is 7.71. The van der Waals surface area contributed by atoms with Crippen molar-refractivity contribution >= 4 is 29.0 Å². The van der Waals surface area contributed by atoms with Crippen molar-refractivity contribution in [1.29, 1.82) is 0 Å². The molecule has 2 aromatic heterocycles. The van der Waals surface area contributed by atoms with E-state index in [0.717, 1.165) is 16.9 Å². The molecule has 8 heteroatoms. The minimum atomic E-state index is -0.892. The zero-order chi connectivity index (χ0) is 18.3. The maximum Gasteiger partial charge on any atom is 0.345 e. The molecule has 0 aliphatic carbocycles. The van der Waals surface area contributed by atoms with E-state index in [1.165, 1.54) is 11.3 Å². The highest BCUT2D eigenvalue weighted by Gasteiger charge is 2.43. The summed E-state index contributed by atoms with van der Waals surface area (Å²) in [7, 11) is 0. The van der Waals surface area contributed by atoms with E-state index in [1.54, 1.807) is 24.4 Å². The zero-order valence-corrected chi connectivity index (χ0v) is 14.9. The minimum absolute atomic E-state index is 0.364. The molecule has 0 bridgehead atoms. The van der Waals surface area contributed by atoms with Crippen molar-refractivity contribution in [1.82, 2.24) is 4.98 Å². The summed E-state index contributed by atoms with van der Waals surface area (Å²) < 4.78 is 6.16. The van der Waals surface area contributed by atoms with Crippen LogP contribution in [0.25, 0.3) is 0 Å². The van der Waals surface area contributed by atoms with E-state index in [2.05, 4.69) is 4.98 Å². The number of primary amides is 1. The molecule has 0 saturated carbocycles. The Bertz CT molecular complexity index is 871. The predicted molar refractivity (Wildman–Crippen MR) is 96.8 cm³/mol. The Morgan fingerprint density at radius 2 is 2.12 bits per heavy atom. The van der Waals surface area contributed by atoms with Gasteiger partial charge >= 0.3 is 5.97 Å². The van der Waals surface area contributed by atoms with Crippen LogP contribution in [0.2, 0.25) is 0 Å². The van der Waals surface area contributed by atoms with Crippen LogP contribution in [0.3, 0.4) is 0 Å². The number of hydrogen-bond donors (Lipinski definition) is 2. The van der Waals surface area contributed by atoms with Crippen LogP contribution >= 0.6 is 11.3 Å². The zero-order valence-electron chi connectivity index (χ0n) is 14.1. The lowest BCUT2D eigenvalue weighted by Gasteiger charge is -2.44. The third-order valence-electron chi connectivity index (χ3n) is 5.14. The van der Waals surface area contributed by atoms with Crippen molar-refractivity contribution in [3.8, 4) is 0 Å². The monoisotopic (exact) mass is 373 g/mol. The lowest BCUT2D eigenvalue weighted by molar-refractivity contribution is -0.0757. The summed E-state index contributed by atoms with van der Waals surface area (Å²) >= 11 is 1.35. The van der Waals surface area contributed by atoms with Gasteiger partial charge in [-0.3, -0.25) is 4.79 Å². The predicted octanol–water partition coefficient (Wildman–Crippen LogP) is 2.01. The summed E-state index contributed by atoms with van der Waals surface area (Å²) in [5.41, 5.74) is 6.45. The first kappa shape index (κ1) is 17.0. The van der Waals surface area contributed by atoms with E-state index in [4.69, 9.17) is 10.5 Å². The summed E-state index contributed by atoms with van der Waals surface area (Å²) in [6.07, 6.45) is 3.83. The van der Waals surface area contributed by atoms with Crippen LogP contribution < -0.4 is 10.6 Å². The number of piperidine rings is 1. The van der Waals surface area contributed by atoms with E-state index in [-0.39, 0.29) is 0 Å². The minimum Gasteiger partial charge on any atom is -0.477 e. The van der Waals surface area contributed by atoms with E-state index >= 15 is 0 Å². The van der Waals surface area contributed by atoms with Crippen molar-refractivity contribution in [2.45, 2.75) is 24.9 Å². The lowest BCUT2D eigenvalue weighted by atomic mass is 9.82. The van der Waals surface area contributed by atoms with Gasteiger partial charge in [0.05, 0.1) is 17.8 Å². The number of carboxylic acid groups (broad SMARTS) is 1. The molecule has 1 amide bonds. The van der Waals surface area contributed by atoms with Gasteiger partial charge in [0.1, 0.15) is 10.7 Å². The van der Waals surface area contributed by atoms with Gasteiger partial charge in [-0.05, 0) is 36.6 Å². The number of thiophene rings is 1. The number of ether oxygens (including phenoxy) is 1. The van der Waals surface area contributed by atoms with Gasteiger partial charge in [0.25, 0.3) is 5.91 Å². The SMILES string of the molecule is NC(=O)c1cccnc1N1CCC2(CC1)OCCc1sc(C(=O)O)cc12. The summed E-state index contributed by atoms with van der Waals surface area (Å²) in [5.74, 6) is -0.785. The molecule has 1 fully saturated rings. The first-order valence-corrected chi connectivity index (χ1v) is 9.32.